The number of halogens is 1. The number of hydrogen-bond acceptors (Lipinski definition) is 5. The molecule has 0 aliphatic carbocycles. The Kier molecular flexibility index (Phi) is 5.78. The summed E-state index contributed by atoms with van der Waals surface area (Å²) in [6.07, 6.45) is 2.17. The third kappa shape index (κ3) is 4.63. The number of para-hydroxylation sites is 2. The van der Waals surface area contributed by atoms with E-state index in [4.69, 9.17) is 4.74 Å². The van der Waals surface area contributed by atoms with Crippen LogP contribution in [0.1, 0.15) is 12.8 Å². The lowest BCUT2D eigenvalue weighted by molar-refractivity contribution is -0.113. The summed E-state index contributed by atoms with van der Waals surface area (Å²) < 4.78 is 19.8. The van der Waals surface area contributed by atoms with Crippen molar-refractivity contribution < 1.29 is 13.9 Å². The average Bonchev–Trinajstić information content (AvgIpc) is 3.35. The second-order valence-corrected chi connectivity index (χ2v) is 7.57. The van der Waals surface area contributed by atoms with Crippen molar-refractivity contribution in [3.8, 4) is 0 Å². The lowest BCUT2D eigenvalue weighted by Crippen LogP contribution is -2.19. The van der Waals surface area contributed by atoms with Crippen LogP contribution >= 0.6 is 11.8 Å². The lowest BCUT2D eigenvalue weighted by Gasteiger charge is -2.13. The Morgan fingerprint density at radius 2 is 2.21 bits per heavy atom. The maximum Gasteiger partial charge on any atom is 0.234 e. The molecular formula is C20H21FN4O2S. The first-order chi connectivity index (χ1) is 13.7. The molecule has 1 saturated heterocycles. The number of H-pyrrole nitrogens is 1. The van der Waals surface area contributed by atoms with Crippen LogP contribution in [0.3, 0.4) is 0 Å². The Bertz CT molecular complexity index is 939. The van der Waals surface area contributed by atoms with E-state index in [1.807, 2.05) is 24.3 Å². The fraction of sp³-hybridized carbons (Fsp3) is 0.300. The van der Waals surface area contributed by atoms with E-state index < -0.39 is 5.82 Å². The molecule has 1 aromatic heterocycles. The number of imidazole rings is 1. The van der Waals surface area contributed by atoms with Gasteiger partial charge in [-0.3, -0.25) is 4.79 Å². The highest BCUT2D eigenvalue weighted by molar-refractivity contribution is 7.99. The summed E-state index contributed by atoms with van der Waals surface area (Å²) in [4.78, 5) is 19.7. The van der Waals surface area contributed by atoms with Crippen molar-refractivity contribution in [3.63, 3.8) is 0 Å². The number of amides is 1. The van der Waals surface area contributed by atoms with Gasteiger partial charge in [-0.25, -0.2) is 9.37 Å². The summed E-state index contributed by atoms with van der Waals surface area (Å²) in [5, 5.41) is 6.46. The van der Waals surface area contributed by atoms with Gasteiger partial charge in [-0.1, -0.05) is 23.9 Å². The molecule has 1 atom stereocenters. The van der Waals surface area contributed by atoms with Gasteiger partial charge in [-0.15, -0.1) is 0 Å². The maximum atomic E-state index is 14.3. The third-order valence-corrected chi connectivity index (χ3v) is 5.38. The van der Waals surface area contributed by atoms with Crippen molar-refractivity contribution in [1.82, 2.24) is 9.97 Å². The van der Waals surface area contributed by atoms with E-state index in [0.717, 1.165) is 30.5 Å². The number of aromatic nitrogens is 2. The van der Waals surface area contributed by atoms with Crippen LogP contribution in [0.5, 0.6) is 0 Å². The van der Waals surface area contributed by atoms with Gasteiger partial charge in [0.2, 0.25) is 5.91 Å². The fourth-order valence-corrected chi connectivity index (χ4v) is 3.78. The summed E-state index contributed by atoms with van der Waals surface area (Å²) in [6.45, 7) is 1.35. The van der Waals surface area contributed by atoms with E-state index >= 15 is 0 Å². The molecule has 0 bridgehead atoms. The molecule has 146 valence electrons. The van der Waals surface area contributed by atoms with Crippen LogP contribution in [0.25, 0.3) is 11.0 Å². The Morgan fingerprint density at radius 3 is 3.00 bits per heavy atom. The quantitative estimate of drug-likeness (QED) is 0.522. The predicted molar refractivity (Wildman–Crippen MR) is 109 cm³/mol. The Morgan fingerprint density at radius 1 is 1.32 bits per heavy atom. The van der Waals surface area contributed by atoms with Gasteiger partial charge < -0.3 is 20.4 Å². The van der Waals surface area contributed by atoms with Crippen molar-refractivity contribution in [1.29, 1.82) is 0 Å². The standard InChI is InChI=1S/C20H21FN4O2S/c21-15-10-13(7-8-16(15)22-11-14-4-3-9-27-14)23-19(26)12-28-20-24-17-5-1-2-6-18(17)25-20/h1-2,5-8,10,14,22H,3-4,9,11-12H2,(H,23,26)(H,24,25)/t14-/m1/s1. The molecule has 1 fully saturated rings. The Balaban J connectivity index is 1.29. The molecule has 1 aliphatic rings. The second kappa shape index (κ2) is 8.62. The van der Waals surface area contributed by atoms with Gasteiger partial charge in [0.15, 0.2) is 5.16 Å². The minimum absolute atomic E-state index is 0.133. The highest BCUT2D eigenvalue weighted by Crippen LogP contribution is 2.22. The van der Waals surface area contributed by atoms with E-state index in [1.54, 1.807) is 12.1 Å². The van der Waals surface area contributed by atoms with Crippen LogP contribution in [-0.4, -0.2) is 40.9 Å². The van der Waals surface area contributed by atoms with E-state index in [1.165, 1.54) is 17.8 Å². The molecule has 3 aromatic rings. The zero-order valence-corrected chi connectivity index (χ0v) is 16.0. The summed E-state index contributed by atoms with van der Waals surface area (Å²) >= 11 is 1.30. The van der Waals surface area contributed by atoms with Gasteiger partial charge in [0.05, 0.1) is 28.6 Å². The number of benzene rings is 2. The van der Waals surface area contributed by atoms with Gasteiger partial charge >= 0.3 is 0 Å². The fourth-order valence-electron chi connectivity index (χ4n) is 3.09. The SMILES string of the molecule is O=C(CSc1nc2ccccc2[nH]1)Nc1ccc(NC[C@H]2CCCO2)c(F)c1. The number of ether oxygens (including phenoxy) is 1. The van der Waals surface area contributed by atoms with Gasteiger partial charge in [-0.05, 0) is 43.2 Å². The molecule has 1 amide bonds. The second-order valence-electron chi connectivity index (χ2n) is 6.61. The van der Waals surface area contributed by atoms with Crippen molar-refractivity contribution in [3.05, 3.63) is 48.3 Å². The van der Waals surface area contributed by atoms with E-state index in [0.29, 0.717) is 23.1 Å². The summed E-state index contributed by atoms with van der Waals surface area (Å²) in [5.74, 6) is -0.439. The number of nitrogens with zero attached hydrogens (tertiary/aromatic N) is 1. The summed E-state index contributed by atoms with van der Waals surface area (Å²) in [5.41, 5.74) is 2.62. The number of fused-ring (bicyclic) bond motifs is 1. The van der Waals surface area contributed by atoms with Crippen LogP contribution in [0.2, 0.25) is 0 Å². The molecule has 28 heavy (non-hydrogen) atoms. The topological polar surface area (TPSA) is 79.0 Å². The highest BCUT2D eigenvalue weighted by atomic mass is 32.2. The number of hydrogen-bond donors (Lipinski definition) is 3. The number of anilines is 2. The monoisotopic (exact) mass is 400 g/mol. The smallest absolute Gasteiger partial charge is 0.234 e. The third-order valence-electron chi connectivity index (χ3n) is 4.50. The number of carbonyl (C=O) groups excluding carboxylic acids is 1. The Labute approximate surface area is 166 Å². The molecule has 0 spiro atoms. The van der Waals surface area contributed by atoms with Crippen molar-refractivity contribution >= 4 is 40.1 Å². The van der Waals surface area contributed by atoms with Crippen LogP contribution in [0, 0.1) is 5.82 Å². The van der Waals surface area contributed by atoms with Gasteiger partial charge in [-0.2, -0.15) is 0 Å². The minimum Gasteiger partial charge on any atom is -0.380 e. The van der Waals surface area contributed by atoms with Crippen LogP contribution in [0.4, 0.5) is 15.8 Å². The number of aromatic amines is 1. The number of thioether (sulfide) groups is 1. The maximum absolute atomic E-state index is 14.3. The first-order valence-corrected chi connectivity index (χ1v) is 10.2. The number of rotatable bonds is 7. The molecule has 0 saturated carbocycles. The largest absolute Gasteiger partial charge is 0.380 e. The van der Waals surface area contributed by atoms with Crippen LogP contribution in [0.15, 0.2) is 47.6 Å². The lowest BCUT2D eigenvalue weighted by atomic mass is 10.2. The van der Waals surface area contributed by atoms with Crippen LogP contribution < -0.4 is 10.6 Å². The molecule has 3 N–H and O–H groups in total. The summed E-state index contributed by atoms with van der Waals surface area (Å²) in [7, 11) is 0. The van der Waals surface area contributed by atoms with Crippen LogP contribution in [-0.2, 0) is 9.53 Å². The minimum atomic E-state index is -0.402. The molecule has 2 aromatic carbocycles. The number of nitrogens with one attached hydrogen (secondary N) is 3. The van der Waals surface area contributed by atoms with E-state index in [9.17, 15) is 9.18 Å². The Hall–Kier alpha value is -2.58. The highest BCUT2D eigenvalue weighted by Gasteiger charge is 2.16. The van der Waals surface area contributed by atoms with Gasteiger partial charge in [0.25, 0.3) is 0 Å². The molecule has 0 unspecified atom stereocenters. The van der Waals surface area contributed by atoms with Gasteiger partial charge in [0.1, 0.15) is 5.82 Å². The molecule has 8 heteroatoms. The number of carbonyl (C=O) groups is 1. The molecule has 1 aliphatic heterocycles. The average molecular weight is 400 g/mol. The molecular weight excluding hydrogens is 379 g/mol. The summed E-state index contributed by atoms with van der Waals surface area (Å²) in [6, 6.07) is 12.3. The predicted octanol–water partition coefficient (Wildman–Crippen LogP) is 4.02. The van der Waals surface area contributed by atoms with Crippen molar-refractivity contribution in [2.24, 2.45) is 0 Å². The van der Waals surface area contributed by atoms with E-state index in [2.05, 4.69) is 20.6 Å². The van der Waals surface area contributed by atoms with E-state index in [-0.39, 0.29) is 17.8 Å². The molecule has 0 radical (unpaired) electrons. The van der Waals surface area contributed by atoms with Crippen molar-refractivity contribution in [2.75, 3.05) is 29.5 Å². The first-order valence-electron chi connectivity index (χ1n) is 9.20. The first kappa shape index (κ1) is 18.8. The van der Waals surface area contributed by atoms with Crippen molar-refractivity contribution in [2.45, 2.75) is 24.1 Å². The van der Waals surface area contributed by atoms with Gasteiger partial charge in [0, 0.05) is 18.8 Å². The molecule has 6 nitrogen and oxygen atoms in total. The molecule has 2 heterocycles. The zero-order chi connectivity index (χ0) is 19.3. The zero-order valence-electron chi connectivity index (χ0n) is 15.2. The normalized spacial score (nSPS) is 16.4. The molecule has 4 rings (SSSR count).